The molecule has 2 aromatic heterocycles. The molecule has 0 aliphatic carbocycles. The number of imidazole rings is 1. The highest BCUT2D eigenvalue weighted by molar-refractivity contribution is 5.38. The number of H-pyrrole nitrogens is 1. The number of nitrogens with one attached hydrogen (secondary N) is 1. The Bertz CT molecular complexity index is 649. The fourth-order valence-electron chi connectivity index (χ4n) is 2.38. The third kappa shape index (κ3) is 2.08. The van der Waals surface area contributed by atoms with Gasteiger partial charge in [-0.1, -0.05) is 0 Å². The van der Waals surface area contributed by atoms with E-state index in [-0.39, 0.29) is 29.4 Å². The summed E-state index contributed by atoms with van der Waals surface area (Å²) in [5.41, 5.74) is 6.16. The van der Waals surface area contributed by atoms with E-state index in [1.165, 1.54) is 4.52 Å². The van der Waals surface area contributed by atoms with Crippen molar-refractivity contribution in [1.29, 1.82) is 0 Å². The van der Waals surface area contributed by atoms with E-state index in [1.54, 1.807) is 13.3 Å². The predicted molar refractivity (Wildman–Crippen MR) is 66.7 cm³/mol. The van der Waals surface area contributed by atoms with Crippen LogP contribution in [0, 0.1) is 0 Å². The molecule has 3 rings (SSSR count). The number of nitrogens with two attached hydrogens (primary N) is 1. The molecule has 1 aliphatic heterocycles. The quantitative estimate of drug-likeness (QED) is 0.800. The lowest BCUT2D eigenvalue weighted by molar-refractivity contribution is -0.00429. The number of hydrogen-bond acceptors (Lipinski definition) is 6. The number of ether oxygens (including phenoxy) is 2. The number of aromatic nitrogens is 4. The van der Waals surface area contributed by atoms with Gasteiger partial charge in [0, 0.05) is 7.11 Å². The monoisotopic (exact) mass is 265 g/mol. The molecule has 3 N–H and O–H groups in total. The molecular weight excluding hydrogens is 250 g/mol. The molecule has 1 fully saturated rings. The van der Waals surface area contributed by atoms with Gasteiger partial charge in [-0.2, -0.15) is 0 Å². The Morgan fingerprint density at radius 3 is 3.26 bits per heavy atom. The summed E-state index contributed by atoms with van der Waals surface area (Å²) in [6.07, 6.45) is 3.29. The zero-order valence-corrected chi connectivity index (χ0v) is 10.5. The standard InChI is InChI=1S/C11H15N5O3/c1-18-5-6-2-3-8(19-6)7-4-13-9-10(17)14-11(12)15-16(7)9/h4,6,8H,2-3,5H2,1H3,(H3,12,14,15,17)/t6-,8+/m0/s1. The third-order valence-electron chi connectivity index (χ3n) is 3.21. The first kappa shape index (κ1) is 12.1. The maximum absolute atomic E-state index is 11.7. The van der Waals surface area contributed by atoms with Gasteiger partial charge in [-0.25, -0.2) is 9.50 Å². The lowest BCUT2D eigenvalue weighted by Crippen LogP contribution is -2.18. The van der Waals surface area contributed by atoms with Crippen LogP contribution in [0.15, 0.2) is 11.0 Å². The van der Waals surface area contributed by atoms with E-state index in [2.05, 4.69) is 15.1 Å². The molecule has 0 radical (unpaired) electrons. The molecule has 2 aromatic rings. The first-order chi connectivity index (χ1) is 9.19. The Morgan fingerprint density at radius 1 is 1.63 bits per heavy atom. The Balaban J connectivity index is 1.96. The second-order valence-corrected chi connectivity index (χ2v) is 4.54. The van der Waals surface area contributed by atoms with Crippen molar-refractivity contribution < 1.29 is 9.47 Å². The van der Waals surface area contributed by atoms with E-state index in [0.29, 0.717) is 6.61 Å². The van der Waals surface area contributed by atoms with Crippen LogP contribution in [0.25, 0.3) is 5.65 Å². The minimum atomic E-state index is -0.356. The van der Waals surface area contributed by atoms with Gasteiger partial charge in [-0.15, -0.1) is 5.10 Å². The first-order valence-electron chi connectivity index (χ1n) is 6.07. The Hall–Kier alpha value is -1.93. The molecule has 8 nitrogen and oxygen atoms in total. The van der Waals surface area contributed by atoms with E-state index in [9.17, 15) is 4.79 Å². The van der Waals surface area contributed by atoms with Crippen molar-refractivity contribution >= 4 is 11.6 Å². The highest BCUT2D eigenvalue weighted by atomic mass is 16.5. The average Bonchev–Trinajstić information content (AvgIpc) is 2.95. The lowest BCUT2D eigenvalue weighted by atomic mass is 10.1. The number of hydrogen-bond donors (Lipinski definition) is 2. The number of nitrogen functional groups attached to an aromatic ring is 1. The molecule has 0 unspecified atom stereocenters. The highest BCUT2D eigenvalue weighted by Gasteiger charge is 2.29. The van der Waals surface area contributed by atoms with Gasteiger partial charge in [-0.05, 0) is 12.8 Å². The van der Waals surface area contributed by atoms with Crippen LogP contribution in [0.1, 0.15) is 24.6 Å². The van der Waals surface area contributed by atoms with Crippen LogP contribution in [0.4, 0.5) is 5.95 Å². The summed E-state index contributed by atoms with van der Waals surface area (Å²) in [5, 5.41) is 4.08. The van der Waals surface area contributed by atoms with E-state index >= 15 is 0 Å². The predicted octanol–water partition coefficient (Wildman–Crippen LogP) is -0.134. The maximum Gasteiger partial charge on any atom is 0.295 e. The van der Waals surface area contributed by atoms with Crippen molar-refractivity contribution in [2.45, 2.75) is 25.0 Å². The van der Waals surface area contributed by atoms with Crippen LogP contribution in [0.5, 0.6) is 0 Å². The van der Waals surface area contributed by atoms with Crippen LogP contribution in [0.2, 0.25) is 0 Å². The molecule has 102 valence electrons. The average molecular weight is 265 g/mol. The van der Waals surface area contributed by atoms with Crippen molar-refractivity contribution in [3.63, 3.8) is 0 Å². The second-order valence-electron chi connectivity index (χ2n) is 4.54. The molecule has 2 atom stereocenters. The molecule has 0 spiro atoms. The fourth-order valence-corrected chi connectivity index (χ4v) is 2.38. The molecular formula is C11H15N5O3. The molecule has 8 heteroatoms. The number of fused-ring (bicyclic) bond motifs is 1. The summed E-state index contributed by atoms with van der Waals surface area (Å²) < 4.78 is 12.4. The van der Waals surface area contributed by atoms with E-state index < -0.39 is 0 Å². The van der Waals surface area contributed by atoms with Gasteiger partial charge in [0.2, 0.25) is 11.6 Å². The zero-order valence-electron chi connectivity index (χ0n) is 10.5. The number of methoxy groups -OCH3 is 1. The van der Waals surface area contributed by atoms with Crippen molar-refractivity contribution in [3.8, 4) is 0 Å². The van der Waals surface area contributed by atoms with E-state index in [4.69, 9.17) is 15.2 Å². The van der Waals surface area contributed by atoms with E-state index in [0.717, 1.165) is 18.5 Å². The molecule has 0 amide bonds. The third-order valence-corrected chi connectivity index (χ3v) is 3.21. The van der Waals surface area contributed by atoms with Gasteiger partial charge in [0.25, 0.3) is 5.56 Å². The summed E-state index contributed by atoms with van der Waals surface area (Å²) in [6, 6.07) is 0. The maximum atomic E-state index is 11.7. The molecule has 1 saturated heterocycles. The summed E-state index contributed by atoms with van der Waals surface area (Å²) in [6.45, 7) is 0.559. The first-order valence-corrected chi connectivity index (χ1v) is 6.07. The second kappa shape index (κ2) is 4.63. The lowest BCUT2D eigenvalue weighted by Gasteiger charge is -2.12. The number of nitrogens with zero attached hydrogens (tertiary/aromatic N) is 3. The molecule has 3 heterocycles. The van der Waals surface area contributed by atoms with Gasteiger partial charge < -0.3 is 15.2 Å². The van der Waals surface area contributed by atoms with Crippen LogP contribution >= 0.6 is 0 Å². The number of anilines is 1. The SMILES string of the molecule is COC[C@@H]1CC[C@H](c2cnc3c(=O)[nH]c(N)nn23)O1. The molecule has 1 aliphatic rings. The molecule has 0 aromatic carbocycles. The fraction of sp³-hybridized carbons (Fsp3) is 0.545. The van der Waals surface area contributed by atoms with Crippen molar-refractivity contribution in [1.82, 2.24) is 19.6 Å². The zero-order chi connectivity index (χ0) is 13.4. The van der Waals surface area contributed by atoms with Crippen molar-refractivity contribution in [3.05, 3.63) is 22.2 Å². The Labute approximate surface area is 108 Å². The van der Waals surface area contributed by atoms with Gasteiger partial charge in [0.05, 0.1) is 24.6 Å². The smallest absolute Gasteiger partial charge is 0.295 e. The largest absolute Gasteiger partial charge is 0.382 e. The van der Waals surface area contributed by atoms with Gasteiger partial charge in [-0.3, -0.25) is 9.78 Å². The van der Waals surface area contributed by atoms with Crippen LogP contribution in [-0.2, 0) is 9.47 Å². The van der Waals surface area contributed by atoms with Gasteiger partial charge in [0.15, 0.2) is 0 Å². The Morgan fingerprint density at radius 2 is 2.47 bits per heavy atom. The van der Waals surface area contributed by atoms with E-state index in [1.807, 2.05) is 0 Å². The number of aromatic amines is 1. The van der Waals surface area contributed by atoms with Crippen LogP contribution < -0.4 is 11.3 Å². The van der Waals surface area contributed by atoms with Gasteiger partial charge >= 0.3 is 0 Å². The summed E-state index contributed by atoms with van der Waals surface area (Å²) >= 11 is 0. The summed E-state index contributed by atoms with van der Waals surface area (Å²) in [5.74, 6) is 0.0585. The van der Waals surface area contributed by atoms with Crippen molar-refractivity contribution in [2.24, 2.45) is 0 Å². The van der Waals surface area contributed by atoms with Crippen molar-refractivity contribution in [2.75, 3.05) is 19.5 Å². The highest BCUT2D eigenvalue weighted by Crippen LogP contribution is 2.32. The molecule has 0 bridgehead atoms. The molecule has 0 saturated carbocycles. The number of rotatable bonds is 3. The summed E-state index contributed by atoms with van der Waals surface area (Å²) in [7, 11) is 1.65. The summed E-state index contributed by atoms with van der Waals surface area (Å²) in [4.78, 5) is 18.2. The minimum Gasteiger partial charge on any atom is -0.382 e. The minimum absolute atomic E-state index is 0.0585. The molecule has 19 heavy (non-hydrogen) atoms. The normalized spacial score (nSPS) is 23.2. The van der Waals surface area contributed by atoms with Gasteiger partial charge in [0.1, 0.15) is 6.10 Å². The van der Waals surface area contributed by atoms with Crippen LogP contribution in [0.3, 0.4) is 0 Å². The topological polar surface area (TPSA) is 108 Å². The Kier molecular flexibility index (Phi) is 2.96. The van der Waals surface area contributed by atoms with Crippen LogP contribution in [-0.4, -0.2) is 39.4 Å².